The molecule has 1 unspecified atom stereocenters. The Bertz CT molecular complexity index is 851. The lowest BCUT2D eigenvalue weighted by atomic mass is 9.94. The minimum Gasteiger partial charge on any atom is -0.364 e. The van der Waals surface area contributed by atoms with Gasteiger partial charge in [0, 0.05) is 22.2 Å². The maximum Gasteiger partial charge on any atom is 0.260 e. The minimum atomic E-state index is -1.68. The van der Waals surface area contributed by atoms with Crippen LogP contribution in [-0.4, -0.2) is 16.8 Å². The summed E-state index contributed by atoms with van der Waals surface area (Å²) < 4.78 is 3.97. The van der Waals surface area contributed by atoms with E-state index in [9.17, 15) is 4.79 Å². The molecule has 1 atom stereocenters. The molecule has 1 saturated heterocycles. The number of halogens is 4. The smallest absolute Gasteiger partial charge is 0.260 e. The fourth-order valence-corrected chi connectivity index (χ4v) is 4.37. The van der Waals surface area contributed by atoms with Crippen molar-refractivity contribution in [3.8, 4) is 0 Å². The topological polar surface area (TPSA) is 41.6 Å². The first-order valence-electron chi connectivity index (χ1n) is 9.11. The first-order valence-corrected chi connectivity index (χ1v) is 10.6. The second-order valence-corrected chi connectivity index (χ2v) is 9.29. The van der Waals surface area contributed by atoms with Crippen LogP contribution in [0.5, 0.6) is 0 Å². The number of anilines is 1. The molecule has 1 heterocycles. The molecule has 0 spiro atoms. The van der Waals surface area contributed by atoms with Gasteiger partial charge < -0.3 is 10.1 Å². The fourth-order valence-electron chi connectivity index (χ4n) is 3.32. The van der Waals surface area contributed by atoms with Crippen LogP contribution < -0.4 is 5.32 Å². The highest BCUT2D eigenvalue weighted by molar-refractivity contribution is 6.59. The van der Waals surface area contributed by atoms with Crippen molar-refractivity contribution in [2.24, 2.45) is 0 Å². The zero-order valence-corrected chi connectivity index (χ0v) is 18.6. The summed E-state index contributed by atoms with van der Waals surface area (Å²) in [5.41, 5.74) is 2.84. The Kier molecular flexibility index (Phi) is 6.53. The van der Waals surface area contributed by atoms with E-state index in [1.807, 2.05) is 32.0 Å². The number of benzene rings is 2. The second-order valence-electron chi connectivity index (χ2n) is 6.93. The quantitative estimate of drug-likeness (QED) is 0.376. The van der Waals surface area contributed by atoms with Crippen LogP contribution in [0.15, 0.2) is 36.4 Å². The Morgan fingerprint density at radius 3 is 2.11 bits per heavy atom. The Morgan fingerprint density at radius 1 is 1.11 bits per heavy atom. The largest absolute Gasteiger partial charge is 0.364 e. The predicted molar refractivity (Wildman–Crippen MR) is 117 cm³/mol. The van der Waals surface area contributed by atoms with Crippen LogP contribution in [-0.2, 0) is 28.0 Å². The lowest BCUT2D eigenvalue weighted by molar-refractivity contribution is -0.117. The van der Waals surface area contributed by atoms with Crippen molar-refractivity contribution in [1.29, 1.82) is 0 Å². The number of epoxide rings is 1. The van der Waals surface area contributed by atoms with Crippen LogP contribution in [0.3, 0.4) is 0 Å². The molecule has 2 aromatic rings. The Labute approximate surface area is 185 Å². The molecule has 3 rings (SSSR count). The number of ether oxygens (including phenoxy) is 1. The maximum atomic E-state index is 13.0. The van der Waals surface area contributed by atoms with E-state index in [1.165, 1.54) is 0 Å². The average Bonchev–Trinajstić information content (AvgIpc) is 3.41. The summed E-state index contributed by atoms with van der Waals surface area (Å²) in [7, 11) is 0. The number of para-hydroxylation sites is 1. The molecule has 7 heteroatoms. The number of rotatable bonds is 7. The zero-order valence-electron chi connectivity index (χ0n) is 15.6. The van der Waals surface area contributed by atoms with Crippen LogP contribution in [0.1, 0.15) is 37.0 Å². The third-order valence-corrected chi connectivity index (χ3v) is 6.01. The van der Waals surface area contributed by atoms with Crippen molar-refractivity contribution in [1.82, 2.24) is 0 Å². The third-order valence-electron chi connectivity index (χ3n) is 4.96. The SMILES string of the molecule is CCc1cccc(CC)c1NC(=O)C(Cl)(Cl)CC1(c2cc(Cl)cc(Cl)c2)CO1. The van der Waals surface area contributed by atoms with Gasteiger partial charge in [-0.2, -0.15) is 0 Å². The molecule has 1 fully saturated rings. The molecule has 0 saturated carbocycles. The van der Waals surface area contributed by atoms with Crippen LogP contribution in [0, 0.1) is 0 Å². The molecule has 3 nitrogen and oxygen atoms in total. The van der Waals surface area contributed by atoms with Gasteiger partial charge in [0.15, 0.2) is 4.33 Å². The van der Waals surface area contributed by atoms with Gasteiger partial charge in [0.25, 0.3) is 5.91 Å². The minimum absolute atomic E-state index is 0.0847. The monoisotopic (exact) mass is 459 g/mol. The van der Waals surface area contributed by atoms with Gasteiger partial charge in [-0.3, -0.25) is 4.79 Å². The van der Waals surface area contributed by atoms with Crippen molar-refractivity contribution in [3.05, 3.63) is 63.1 Å². The van der Waals surface area contributed by atoms with Crippen molar-refractivity contribution < 1.29 is 9.53 Å². The molecule has 150 valence electrons. The van der Waals surface area contributed by atoms with Gasteiger partial charge in [-0.1, -0.05) is 78.5 Å². The highest BCUT2D eigenvalue weighted by Gasteiger charge is 2.54. The van der Waals surface area contributed by atoms with E-state index >= 15 is 0 Å². The summed E-state index contributed by atoms with van der Waals surface area (Å²) in [6.45, 7) is 4.47. The summed E-state index contributed by atoms with van der Waals surface area (Å²) in [4.78, 5) is 13.0. The average molecular weight is 461 g/mol. The van der Waals surface area contributed by atoms with E-state index in [1.54, 1.807) is 18.2 Å². The molecule has 0 aliphatic carbocycles. The lowest BCUT2D eigenvalue weighted by Crippen LogP contribution is -2.37. The zero-order chi connectivity index (χ0) is 20.5. The van der Waals surface area contributed by atoms with Crippen LogP contribution >= 0.6 is 46.4 Å². The van der Waals surface area contributed by atoms with Gasteiger partial charge >= 0.3 is 0 Å². The molecule has 28 heavy (non-hydrogen) atoms. The molecule has 0 bridgehead atoms. The number of hydrogen-bond donors (Lipinski definition) is 1. The van der Waals surface area contributed by atoms with Gasteiger partial charge in [0.1, 0.15) is 5.60 Å². The third kappa shape index (κ3) is 4.60. The normalized spacial score (nSPS) is 18.8. The standard InChI is InChI=1S/C21H21Cl4NO2/c1-3-13-6-5-7-14(4-2)18(13)26-19(27)21(24,25)11-20(12-28-20)15-8-16(22)10-17(23)9-15/h5-10H,3-4,11-12H2,1-2H3,(H,26,27). The molecule has 0 aromatic heterocycles. The molecule has 1 aliphatic rings. The Hall–Kier alpha value is -0.970. The molecule has 1 N–H and O–H groups in total. The fraction of sp³-hybridized carbons (Fsp3) is 0.381. The number of hydrogen-bond acceptors (Lipinski definition) is 2. The first kappa shape index (κ1) is 21.7. The Balaban J connectivity index is 1.83. The van der Waals surface area contributed by atoms with E-state index in [2.05, 4.69) is 5.32 Å². The molecule has 2 aromatic carbocycles. The summed E-state index contributed by atoms with van der Waals surface area (Å²) in [6.07, 6.45) is 1.66. The number of carbonyl (C=O) groups is 1. The highest BCUT2D eigenvalue weighted by atomic mass is 35.5. The second kappa shape index (κ2) is 8.41. The molecular weight excluding hydrogens is 440 g/mol. The van der Waals surface area contributed by atoms with Crippen molar-refractivity contribution >= 4 is 58.0 Å². The van der Waals surface area contributed by atoms with E-state index in [4.69, 9.17) is 51.1 Å². The van der Waals surface area contributed by atoms with Crippen LogP contribution in [0.25, 0.3) is 0 Å². The summed E-state index contributed by atoms with van der Waals surface area (Å²) >= 11 is 25.2. The number of amides is 1. The predicted octanol–water partition coefficient (Wildman–Crippen LogP) is 6.55. The summed E-state index contributed by atoms with van der Waals surface area (Å²) in [5, 5.41) is 3.91. The van der Waals surface area contributed by atoms with Gasteiger partial charge in [-0.05, 0) is 47.7 Å². The van der Waals surface area contributed by atoms with E-state index in [-0.39, 0.29) is 6.42 Å². The Morgan fingerprint density at radius 2 is 1.64 bits per heavy atom. The summed E-state index contributed by atoms with van der Waals surface area (Å²) in [5.74, 6) is -0.477. The van der Waals surface area contributed by atoms with E-state index < -0.39 is 15.8 Å². The van der Waals surface area contributed by atoms with Gasteiger partial charge in [0.2, 0.25) is 0 Å². The number of carbonyl (C=O) groups excluding carboxylic acids is 1. The lowest BCUT2D eigenvalue weighted by Gasteiger charge is -2.25. The van der Waals surface area contributed by atoms with Gasteiger partial charge in [-0.15, -0.1) is 0 Å². The first-order chi connectivity index (χ1) is 13.2. The highest BCUT2D eigenvalue weighted by Crippen LogP contribution is 2.49. The summed E-state index contributed by atoms with van der Waals surface area (Å²) in [6, 6.07) is 11.1. The van der Waals surface area contributed by atoms with Crippen molar-refractivity contribution in [2.75, 3.05) is 11.9 Å². The number of aryl methyl sites for hydroxylation is 2. The molecule has 1 aliphatic heterocycles. The van der Waals surface area contributed by atoms with E-state index in [0.29, 0.717) is 16.7 Å². The van der Waals surface area contributed by atoms with Crippen LogP contribution in [0.2, 0.25) is 10.0 Å². The molecular formula is C21H21Cl4NO2. The maximum absolute atomic E-state index is 13.0. The number of alkyl halides is 2. The molecule has 1 amide bonds. The van der Waals surface area contributed by atoms with E-state index in [0.717, 1.165) is 35.2 Å². The van der Waals surface area contributed by atoms with Crippen LogP contribution in [0.4, 0.5) is 5.69 Å². The van der Waals surface area contributed by atoms with Gasteiger partial charge in [-0.25, -0.2) is 0 Å². The molecule has 0 radical (unpaired) electrons. The number of nitrogens with one attached hydrogen (secondary N) is 1. The van der Waals surface area contributed by atoms with Gasteiger partial charge in [0.05, 0.1) is 6.61 Å². The van der Waals surface area contributed by atoms with Crippen molar-refractivity contribution in [2.45, 2.75) is 43.0 Å². The van der Waals surface area contributed by atoms with Crippen molar-refractivity contribution in [3.63, 3.8) is 0 Å².